The number of rotatable bonds is 4. The minimum atomic E-state index is -1.09. The number of nitrogens with zero attached hydrogens (tertiary/aromatic N) is 2. The summed E-state index contributed by atoms with van der Waals surface area (Å²) in [7, 11) is 0. The number of fused-ring (bicyclic) bond motifs is 1. The highest BCUT2D eigenvalue weighted by Gasteiger charge is 2.13. The van der Waals surface area contributed by atoms with Gasteiger partial charge in [0.05, 0.1) is 11.1 Å². The molecule has 3 aromatic rings. The number of aromatic amines is 1. The van der Waals surface area contributed by atoms with E-state index in [-0.39, 0.29) is 18.0 Å². The second kappa shape index (κ2) is 6.14. The molecule has 1 amide bonds. The van der Waals surface area contributed by atoms with Gasteiger partial charge >= 0.3 is 12.1 Å². The zero-order valence-corrected chi connectivity index (χ0v) is 11.8. The third kappa shape index (κ3) is 3.26. The van der Waals surface area contributed by atoms with Gasteiger partial charge in [0.15, 0.2) is 5.82 Å². The molecule has 0 aliphatic carbocycles. The van der Waals surface area contributed by atoms with Gasteiger partial charge in [-0.1, -0.05) is 30.3 Å². The Morgan fingerprint density at radius 1 is 1.26 bits per heavy atom. The van der Waals surface area contributed by atoms with Crippen LogP contribution in [0.4, 0.5) is 10.6 Å². The predicted octanol–water partition coefficient (Wildman–Crippen LogP) is 2.40. The van der Waals surface area contributed by atoms with Gasteiger partial charge in [-0.15, -0.1) is 0 Å². The van der Waals surface area contributed by atoms with Gasteiger partial charge in [-0.05, 0) is 11.6 Å². The van der Waals surface area contributed by atoms with Gasteiger partial charge in [-0.25, -0.2) is 14.6 Å². The summed E-state index contributed by atoms with van der Waals surface area (Å²) >= 11 is 0. The number of anilines is 1. The van der Waals surface area contributed by atoms with Crippen molar-refractivity contribution in [2.45, 2.75) is 6.61 Å². The Kier molecular flexibility index (Phi) is 3.88. The summed E-state index contributed by atoms with van der Waals surface area (Å²) in [5, 5.41) is 17.9. The first-order valence-electron chi connectivity index (χ1n) is 6.68. The molecule has 0 saturated carbocycles. The van der Waals surface area contributed by atoms with E-state index in [9.17, 15) is 9.59 Å². The molecule has 2 aromatic heterocycles. The molecule has 0 radical (unpaired) electrons. The molecule has 3 rings (SSSR count). The zero-order chi connectivity index (χ0) is 16.2. The number of carbonyl (C=O) groups is 2. The molecule has 0 fully saturated rings. The van der Waals surface area contributed by atoms with Crippen LogP contribution in [-0.4, -0.2) is 32.4 Å². The van der Waals surface area contributed by atoms with Crippen LogP contribution in [0.15, 0.2) is 42.6 Å². The summed E-state index contributed by atoms with van der Waals surface area (Å²) in [5.41, 5.74) is 1.65. The fourth-order valence-electron chi connectivity index (χ4n) is 1.97. The maximum Gasteiger partial charge on any atom is 0.413 e. The molecule has 3 N–H and O–H groups in total. The average molecular weight is 312 g/mol. The summed E-state index contributed by atoms with van der Waals surface area (Å²) < 4.78 is 5.09. The highest BCUT2D eigenvalue weighted by molar-refractivity contribution is 5.97. The lowest BCUT2D eigenvalue weighted by atomic mass is 10.2. The van der Waals surface area contributed by atoms with E-state index in [1.54, 1.807) is 0 Å². The maximum atomic E-state index is 11.8. The van der Waals surface area contributed by atoms with Crippen molar-refractivity contribution < 1.29 is 19.4 Å². The first-order valence-corrected chi connectivity index (χ1v) is 6.68. The molecule has 0 atom stereocenters. The van der Waals surface area contributed by atoms with Crippen molar-refractivity contribution in [1.82, 2.24) is 15.2 Å². The summed E-state index contributed by atoms with van der Waals surface area (Å²) in [4.78, 5) is 26.7. The van der Waals surface area contributed by atoms with E-state index in [1.165, 1.54) is 12.3 Å². The van der Waals surface area contributed by atoms with Gasteiger partial charge in [-0.3, -0.25) is 10.4 Å². The Hall–Kier alpha value is -3.42. The van der Waals surface area contributed by atoms with E-state index in [0.717, 1.165) is 5.56 Å². The molecule has 0 aliphatic rings. The van der Waals surface area contributed by atoms with Crippen LogP contribution in [0.25, 0.3) is 11.0 Å². The number of hydrogen-bond donors (Lipinski definition) is 3. The molecular weight excluding hydrogens is 300 g/mol. The van der Waals surface area contributed by atoms with Crippen molar-refractivity contribution in [3.8, 4) is 0 Å². The minimum absolute atomic E-state index is 0.0272. The van der Waals surface area contributed by atoms with Gasteiger partial charge in [0.2, 0.25) is 0 Å². The van der Waals surface area contributed by atoms with Gasteiger partial charge in [0, 0.05) is 6.20 Å². The maximum absolute atomic E-state index is 11.8. The van der Waals surface area contributed by atoms with Crippen LogP contribution in [0.5, 0.6) is 0 Å². The number of benzene rings is 1. The topological polar surface area (TPSA) is 117 Å². The van der Waals surface area contributed by atoms with Crippen molar-refractivity contribution >= 4 is 28.9 Å². The fraction of sp³-hybridized carbons (Fsp3) is 0.0667. The van der Waals surface area contributed by atoms with Crippen LogP contribution in [0.3, 0.4) is 0 Å². The van der Waals surface area contributed by atoms with Crippen molar-refractivity contribution in [1.29, 1.82) is 0 Å². The molecule has 0 aliphatic heterocycles. The van der Waals surface area contributed by atoms with Gasteiger partial charge < -0.3 is 9.84 Å². The first-order chi connectivity index (χ1) is 11.1. The fourth-order valence-corrected chi connectivity index (χ4v) is 1.97. The second-order valence-corrected chi connectivity index (χ2v) is 4.68. The number of ether oxygens (including phenoxy) is 1. The van der Waals surface area contributed by atoms with E-state index in [1.807, 2.05) is 30.3 Å². The summed E-state index contributed by atoms with van der Waals surface area (Å²) in [5.74, 6) is -0.916. The van der Waals surface area contributed by atoms with E-state index in [0.29, 0.717) is 11.0 Å². The van der Waals surface area contributed by atoms with Crippen LogP contribution in [0, 0.1) is 0 Å². The van der Waals surface area contributed by atoms with Crippen molar-refractivity contribution in [2.24, 2.45) is 0 Å². The van der Waals surface area contributed by atoms with E-state index >= 15 is 0 Å². The van der Waals surface area contributed by atoms with Crippen LogP contribution < -0.4 is 5.32 Å². The van der Waals surface area contributed by atoms with E-state index < -0.39 is 12.1 Å². The molecule has 116 valence electrons. The molecule has 8 nitrogen and oxygen atoms in total. The predicted molar refractivity (Wildman–Crippen MR) is 81.1 cm³/mol. The van der Waals surface area contributed by atoms with Crippen molar-refractivity contribution in [2.75, 3.05) is 5.32 Å². The Balaban J connectivity index is 1.69. The second-order valence-electron chi connectivity index (χ2n) is 4.68. The minimum Gasteiger partial charge on any atom is -0.478 e. The lowest BCUT2D eigenvalue weighted by molar-refractivity contribution is 0.0696. The smallest absolute Gasteiger partial charge is 0.413 e. The SMILES string of the molecule is O=C(Nc1n[nH]c2cc(C(=O)O)cnc12)OCc1ccccc1. The number of aromatic carboxylic acids is 1. The summed E-state index contributed by atoms with van der Waals surface area (Å²) in [6, 6.07) is 10.6. The van der Waals surface area contributed by atoms with E-state index in [2.05, 4.69) is 20.5 Å². The quantitative estimate of drug-likeness (QED) is 0.681. The number of hydrogen-bond acceptors (Lipinski definition) is 5. The summed E-state index contributed by atoms with van der Waals surface area (Å²) in [6.45, 7) is 0.131. The van der Waals surface area contributed by atoms with Crippen LogP contribution in [0.2, 0.25) is 0 Å². The van der Waals surface area contributed by atoms with Crippen molar-refractivity contribution in [3.05, 3.63) is 53.7 Å². The highest BCUT2D eigenvalue weighted by Crippen LogP contribution is 2.19. The molecule has 0 bridgehead atoms. The summed E-state index contributed by atoms with van der Waals surface area (Å²) in [6.07, 6.45) is 0.520. The number of H-pyrrole nitrogens is 1. The number of carbonyl (C=O) groups excluding carboxylic acids is 1. The number of nitrogens with one attached hydrogen (secondary N) is 2. The first kappa shape index (κ1) is 14.5. The molecule has 23 heavy (non-hydrogen) atoms. The van der Waals surface area contributed by atoms with Crippen LogP contribution >= 0.6 is 0 Å². The number of aromatic nitrogens is 3. The largest absolute Gasteiger partial charge is 0.478 e. The third-order valence-electron chi connectivity index (χ3n) is 3.08. The van der Waals surface area contributed by atoms with Gasteiger partial charge in [-0.2, -0.15) is 5.10 Å². The Morgan fingerprint density at radius 2 is 2.04 bits per heavy atom. The highest BCUT2D eigenvalue weighted by atomic mass is 16.5. The molecule has 2 heterocycles. The normalized spacial score (nSPS) is 10.4. The molecule has 0 unspecified atom stereocenters. The lowest BCUT2D eigenvalue weighted by Crippen LogP contribution is -2.14. The monoisotopic (exact) mass is 312 g/mol. The number of carboxylic acid groups (broad SMARTS) is 1. The Bertz CT molecular complexity index is 860. The molecular formula is C15H12N4O4. The molecule has 1 aromatic carbocycles. The zero-order valence-electron chi connectivity index (χ0n) is 11.8. The van der Waals surface area contributed by atoms with Crippen LogP contribution in [0.1, 0.15) is 15.9 Å². The Labute approximate surface area is 130 Å². The molecule has 8 heteroatoms. The molecule has 0 spiro atoms. The number of carboxylic acids is 1. The third-order valence-corrected chi connectivity index (χ3v) is 3.08. The van der Waals surface area contributed by atoms with E-state index in [4.69, 9.17) is 9.84 Å². The average Bonchev–Trinajstić information content (AvgIpc) is 2.96. The number of pyridine rings is 1. The van der Waals surface area contributed by atoms with Gasteiger partial charge in [0.25, 0.3) is 0 Å². The number of amides is 1. The Morgan fingerprint density at radius 3 is 2.78 bits per heavy atom. The standard InChI is InChI=1S/C15H12N4O4/c20-14(21)10-6-11-12(16-7-10)13(19-18-11)17-15(22)23-8-9-4-2-1-3-5-9/h1-7H,8H2,(H,20,21)(H2,17,18,19,22). The van der Waals surface area contributed by atoms with Gasteiger partial charge in [0.1, 0.15) is 12.1 Å². The van der Waals surface area contributed by atoms with Crippen LogP contribution in [-0.2, 0) is 11.3 Å². The molecule has 0 saturated heterocycles. The lowest BCUT2D eigenvalue weighted by Gasteiger charge is -2.05. The van der Waals surface area contributed by atoms with Crippen molar-refractivity contribution in [3.63, 3.8) is 0 Å².